The molecular weight excluding hydrogens is 254 g/mol. The molecule has 1 N–H and O–H groups in total. The van der Waals surface area contributed by atoms with Crippen LogP contribution in [0.15, 0.2) is 36.5 Å². The summed E-state index contributed by atoms with van der Waals surface area (Å²) in [6.45, 7) is 2.94. The average Bonchev–Trinajstić information content (AvgIpc) is 2.46. The maximum absolute atomic E-state index is 11.5. The number of nitrogens with zero attached hydrogens (tertiary/aromatic N) is 3. The number of aryl methyl sites for hydroxylation is 1. The van der Waals surface area contributed by atoms with Gasteiger partial charge in [-0.1, -0.05) is 24.3 Å². The van der Waals surface area contributed by atoms with Crippen molar-refractivity contribution in [1.29, 1.82) is 0 Å². The van der Waals surface area contributed by atoms with Gasteiger partial charge in [-0.05, 0) is 24.1 Å². The van der Waals surface area contributed by atoms with Gasteiger partial charge in [0.05, 0.1) is 5.92 Å². The van der Waals surface area contributed by atoms with E-state index in [0.717, 1.165) is 16.9 Å². The molecular formula is C15H15N3O2. The summed E-state index contributed by atoms with van der Waals surface area (Å²) in [7, 11) is 0. The molecule has 1 aromatic heterocycles. The van der Waals surface area contributed by atoms with Crippen molar-refractivity contribution in [2.45, 2.75) is 19.4 Å². The second kappa shape index (κ2) is 4.92. The minimum absolute atomic E-state index is 0.433. The van der Waals surface area contributed by atoms with Crippen LogP contribution in [0, 0.1) is 6.92 Å². The summed E-state index contributed by atoms with van der Waals surface area (Å²) < 4.78 is 0. The van der Waals surface area contributed by atoms with Gasteiger partial charge in [0.25, 0.3) is 0 Å². The number of hydrogen-bond donors (Lipinski definition) is 1. The van der Waals surface area contributed by atoms with Crippen LogP contribution in [-0.4, -0.2) is 27.6 Å². The first-order chi connectivity index (χ1) is 9.65. The van der Waals surface area contributed by atoms with Gasteiger partial charge >= 0.3 is 5.97 Å². The van der Waals surface area contributed by atoms with E-state index in [1.165, 1.54) is 0 Å². The van der Waals surface area contributed by atoms with Crippen LogP contribution in [0.1, 0.15) is 22.9 Å². The van der Waals surface area contributed by atoms with Crippen LogP contribution in [-0.2, 0) is 11.3 Å². The molecule has 102 valence electrons. The zero-order valence-electron chi connectivity index (χ0n) is 11.2. The number of carbonyl (C=O) groups is 1. The zero-order chi connectivity index (χ0) is 14.1. The number of carboxylic acids is 1. The SMILES string of the molecule is Cc1nccc(N2Cc3ccccc3C(C(=O)O)C2)n1. The first-order valence-corrected chi connectivity index (χ1v) is 6.50. The molecule has 0 saturated heterocycles. The minimum atomic E-state index is -0.798. The third-order valence-electron chi connectivity index (χ3n) is 3.58. The lowest BCUT2D eigenvalue weighted by atomic mass is 9.90. The first kappa shape index (κ1) is 12.6. The Morgan fingerprint density at radius 1 is 1.35 bits per heavy atom. The van der Waals surface area contributed by atoms with E-state index < -0.39 is 11.9 Å². The largest absolute Gasteiger partial charge is 0.481 e. The quantitative estimate of drug-likeness (QED) is 0.903. The standard InChI is InChI=1S/C15H15N3O2/c1-10-16-7-6-14(17-10)18-8-11-4-2-3-5-12(11)13(9-18)15(19)20/h2-7,13H,8-9H2,1H3,(H,19,20). The summed E-state index contributed by atoms with van der Waals surface area (Å²) in [5.74, 6) is 0.148. The number of hydrogen-bond acceptors (Lipinski definition) is 4. The molecule has 0 amide bonds. The lowest BCUT2D eigenvalue weighted by Gasteiger charge is -2.33. The van der Waals surface area contributed by atoms with Crippen LogP contribution in [0.3, 0.4) is 0 Å². The topological polar surface area (TPSA) is 66.3 Å². The highest BCUT2D eigenvalue weighted by Gasteiger charge is 2.30. The predicted octanol–water partition coefficient (Wildman–Crippen LogP) is 1.97. The lowest BCUT2D eigenvalue weighted by Crippen LogP contribution is -2.37. The number of aromatic nitrogens is 2. The molecule has 0 spiro atoms. The Bertz CT molecular complexity index is 657. The van der Waals surface area contributed by atoms with Crippen molar-refractivity contribution in [1.82, 2.24) is 9.97 Å². The summed E-state index contributed by atoms with van der Waals surface area (Å²) >= 11 is 0. The van der Waals surface area contributed by atoms with Crippen LogP contribution in [0.2, 0.25) is 0 Å². The molecule has 0 fully saturated rings. The van der Waals surface area contributed by atoms with Crippen molar-refractivity contribution in [3.8, 4) is 0 Å². The van der Waals surface area contributed by atoms with Gasteiger partial charge < -0.3 is 10.0 Å². The third kappa shape index (κ3) is 2.22. The Morgan fingerprint density at radius 2 is 2.15 bits per heavy atom. The Hall–Kier alpha value is -2.43. The van der Waals surface area contributed by atoms with Crippen LogP contribution in [0.5, 0.6) is 0 Å². The molecule has 0 saturated carbocycles. The van der Waals surface area contributed by atoms with Crippen molar-refractivity contribution >= 4 is 11.8 Å². The molecule has 0 radical (unpaired) electrons. The molecule has 1 aromatic carbocycles. The molecule has 5 nitrogen and oxygen atoms in total. The van der Waals surface area contributed by atoms with E-state index in [4.69, 9.17) is 0 Å². The van der Waals surface area contributed by atoms with Crippen molar-refractivity contribution in [3.63, 3.8) is 0 Å². The Morgan fingerprint density at radius 3 is 2.90 bits per heavy atom. The number of carboxylic acid groups (broad SMARTS) is 1. The van der Waals surface area contributed by atoms with Gasteiger partial charge in [0, 0.05) is 19.3 Å². The molecule has 3 rings (SSSR count). The Kier molecular flexibility index (Phi) is 3.10. The van der Waals surface area contributed by atoms with E-state index >= 15 is 0 Å². The Balaban J connectivity index is 2.00. The molecule has 20 heavy (non-hydrogen) atoms. The van der Waals surface area contributed by atoms with E-state index in [9.17, 15) is 9.90 Å². The highest BCUT2D eigenvalue weighted by Crippen LogP contribution is 2.30. The molecule has 1 atom stereocenters. The monoisotopic (exact) mass is 269 g/mol. The Labute approximate surface area is 116 Å². The molecule has 0 bridgehead atoms. The van der Waals surface area contributed by atoms with Crippen LogP contribution in [0.25, 0.3) is 0 Å². The third-order valence-corrected chi connectivity index (χ3v) is 3.58. The second-order valence-corrected chi connectivity index (χ2v) is 4.93. The van der Waals surface area contributed by atoms with Gasteiger partial charge in [-0.2, -0.15) is 0 Å². The summed E-state index contributed by atoms with van der Waals surface area (Å²) in [6.07, 6.45) is 1.70. The summed E-state index contributed by atoms with van der Waals surface area (Å²) in [6, 6.07) is 9.52. The first-order valence-electron chi connectivity index (χ1n) is 6.50. The number of benzene rings is 1. The average molecular weight is 269 g/mol. The summed E-state index contributed by atoms with van der Waals surface area (Å²) in [5, 5.41) is 9.44. The van der Waals surface area contributed by atoms with E-state index in [1.807, 2.05) is 42.2 Å². The van der Waals surface area contributed by atoms with E-state index in [-0.39, 0.29) is 0 Å². The predicted molar refractivity (Wildman–Crippen MR) is 74.6 cm³/mol. The van der Waals surface area contributed by atoms with Crippen molar-refractivity contribution in [2.75, 3.05) is 11.4 Å². The van der Waals surface area contributed by atoms with E-state index in [2.05, 4.69) is 9.97 Å². The fourth-order valence-electron chi connectivity index (χ4n) is 2.61. The van der Waals surface area contributed by atoms with Gasteiger partial charge in [-0.15, -0.1) is 0 Å². The zero-order valence-corrected chi connectivity index (χ0v) is 11.2. The summed E-state index contributed by atoms with van der Waals surface area (Å²) in [5.41, 5.74) is 1.95. The molecule has 1 unspecified atom stereocenters. The highest BCUT2D eigenvalue weighted by atomic mass is 16.4. The molecule has 2 aromatic rings. The van der Waals surface area contributed by atoms with Gasteiger partial charge in [-0.3, -0.25) is 4.79 Å². The van der Waals surface area contributed by atoms with Gasteiger partial charge in [-0.25, -0.2) is 9.97 Å². The highest BCUT2D eigenvalue weighted by molar-refractivity contribution is 5.78. The van der Waals surface area contributed by atoms with Crippen LogP contribution < -0.4 is 4.90 Å². The molecule has 1 aliphatic rings. The molecule has 0 aliphatic carbocycles. The van der Waals surface area contributed by atoms with Gasteiger partial charge in [0.15, 0.2) is 0 Å². The molecule has 5 heteroatoms. The number of fused-ring (bicyclic) bond motifs is 1. The normalized spacial score (nSPS) is 17.6. The molecule has 2 heterocycles. The van der Waals surface area contributed by atoms with E-state index in [0.29, 0.717) is 18.9 Å². The maximum Gasteiger partial charge on any atom is 0.312 e. The lowest BCUT2D eigenvalue weighted by molar-refractivity contribution is -0.138. The second-order valence-electron chi connectivity index (χ2n) is 4.93. The number of rotatable bonds is 2. The van der Waals surface area contributed by atoms with Crippen molar-refractivity contribution in [3.05, 3.63) is 53.5 Å². The molecule has 1 aliphatic heterocycles. The van der Waals surface area contributed by atoms with Gasteiger partial charge in [0.2, 0.25) is 0 Å². The fourth-order valence-corrected chi connectivity index (χ4v) is 2.61. The van der Waals surface area contributed by atoms with Gasteiger partial charge in [0.1, 0.15) is 11.6 Å². The van der Waals surface area contributed by atoms with Crippen molar-refractivity contribution in [2.24, 2.45) is 0 Å². The smallest absolute Gasteiger partial charge is 0.312 e. The van der Waals surface area contributed by atoms with Crippen molar-refractivity contribution < 1.29 is 9.90 Å². The van der Waals surface area contributed by atoms with Crippen LogP contribution >= 0.6 is 0 Å². The minimum Gasteiger partial charge on any atom is -0.481 e. The van der Waals surface area contributed by atoms with E-state index in [1.54, 1.807) is 6.20 Å². The van der Waals surface area contributed by atoms with Crippen LogP contribution in [0.4, 0.5) is 5.82 Å². The fraction of sp³-hybridized carbons (Fsp3) is 0.267. The number of aliphatic carboxylic acids is 1. The summed E-state index contributed by atoms with van der Waals surface area (Å²) in [4.78, 5) is 22.0. The number of anilines is 1. The maximum atomic E-state index is 11.5.